The SMILES string of the molecule is COc1cc(C)c(/C(=C(\c2ccc(/C=C/C(=O)O)cc2)c2ccc3n[nH]c(F)c3c2C#N)C2CC2)cn1. The van der Waals surface area contributed by atoms with Gasteiger partial charge >= 0.3 is 5.97 Å². The molecule has 5 rings (SSSR count). The van der Waals surface area contributed by atoms with Crippen molar-refractivity contribution >= 4 is 34.1 Å². The van der Waals surface area contributed by atoms with Crippen LogP contribution in [0, 0.1) is 30.1 Å². The number of allylic oxidation sites excluding steroid dienone is 1. The number of nitriles is 1. The summed E-state index contributed by atoms with van der Waals surface area (Å²) < 4.78 is 20.0. The van der Waals surface area contributed by atoms with Gasteiger partial charge in [0.25, 0.3) is 0 Å². The maximum Gasteiger partial charge on any atom is 0.328 e. The molecule has 7 nitrogen and oxygen atoms in total. The minimum atomic E-state index is -1.03. The molecule has 37 heavy (non-hydrogen) atoms. The number of halogens is 1. The van der Waals surface area contributed by atoms with Gasteiger partial charge in [-0.05, 0) is 65.7 Å². The van der Waals surface area contributed by atoms with E-state index in [1.807, 2.05) is 43.3 Å². The van der Waals surface area contributed by atoms with Gasteiger partial charge in [-0.15, -0.1) is 0 Å². The Morgan fingerprint density at radius 1 is 1.22 bits per heavy atom. The van der Waals surface area contributed by atoms with E-state index < -0.39 is 11.9 Å². The van der Waals surface area contributed by atoms with Crippen molar-refractivity contribution in [3.05, 3.63) is 94.1 Å². The average Bonchev–Trinajstić information content (AvgIpc) is 3.68. The molecule has 0 bridgehead atoms. The van der Waals surface area contributed by atoms with Crippen LogP contribution >= 0.6 is 0 Å². The van der Waals surface area contributed by atoms with Crippen LogP contribution in [0.25, 0.3) is 28.1 Å². The minimum Gasteiger partial charge on any atom is -0.481 e. The van der Waals surface area contributed by atoms with Gasteiger partial charge in [-0.25, -0.2) is 9.78 Å². The number of hydrogen-bond acceptors (Lipinski definition) is 5. The molecule has 0 unspecified atom stereocenters. The van der Waals surface area contributed by atoms with E-state index in [9.17, 15) is 14.4 Å². The molecule has 0 atom stereocenters. The average molecular weight is 495 g/mol. The van der Waals surface area contributed by atoms with Crippen molar-refractivity contribution in [2.75, 3.05) is 7.11 Å². The fourth-order valence-corrected chi connectivity index (χ4v) is 4.64. The lowest BCUT2D eigenvalue weighted by molar-refractivity contribution is -0.131. The molecular weight excluding hydrogens is 471 g/mol. The maximum absolute atomic E-state index is 14.7. The number of nitrogens with one attached hydrogen (secondary N) is 1. The Balaban J connectivity index is 1.82. The molecule has 1 fully saturated rings. The lowest BCUT2D eigenvalue weighted by Gasteiger charge is -2.20. The van der Waals surface area contributed by atoms with E-state index in [1.54, 1.807) is 19.4 Å². The number of methoxy groups -OCH3 is 1. The molecule has 1 saturated carbocycles. The Morgan fingerprint density at radius 2 is 1.97 bits per heavy atom. The number of carboxylic acids is 1. The van der Waals surface area contributed by atoms with Crippen LogP contribution in [0.1, 0.15) is 46.2 Å². The summed E-state index contributed by atoms with van der Waals surface area (Å²) in [7, 11) is 1.57. The quantitative estimate of drug-likeness (QED) is 0.316. The number of fused-ring (bicyclic) bond motifs is 1. The molecule has 0 radical (unpaired) electrons. The number of hydrogen-bond donors (Lipinski definition) is 2. The van der Waals surface area contributed by atoms with Crippen LogP contribution in [0.3, 0.4) is 0 Å². The highest BCUT2D eigenvalue weighted by Crippen LogP contribution is 2.49. The van der Waals surface area contributed by atoms with Crippen LogP contribution in [0.2, 0.25) is 0 Å². The summed E-state index contributed by atoms with van der Waals surface area (Å²) in [4.78, 5) is 15.4. The van der Waals surface area contributed by atoms with E-state index in [0.29, 0.717) is 17.0 Å². The molecule has 0 aliphatic heterocycles. The number of pyridine rings is 1. The fourth-order valence-electron chi connectivity index (χ4n) is 4.64. The molecule has 0 spiro atoms. The maximum atomic E-state index is 14.7. The first-order valence-corrected chi connectivity index (χ1v) is 11.7. The molecule has 2 heterocycles. The van der Waals surface area contributed by atoms with Crippen LogP contribution in [-0.4, -0.2) is 33.4 Å². The van der Waals surface area contributed by atoms with Crippen molar-refractivity contribution < 1.29 is 19.0 Å². The molecule has 8 heteroatoms. The van der Waals surface area contributed by atoms with E-state index in [2.05, 4.69) is 21.3 Å². The molecule has 4 aromatic rings. The number of rotatable bonds is 7. The highest BCUT2D eigenvalue weighted by atomic mass is 19.1. The summed E-state index contributed by atoms with van der Waals surface area (Å²) in [6, 6.07) is 15.0. The summed E-state index contributed by atoms with van der Waals surface area (Å²) >= 11 is 0. The lowest BCUT2D eigenvalue weighted by atomic mass is 9.83. The first-order chi connectivity index (χ1) is 17.9. The van der Waals surface area contributed by atoms with Crippen LogP contribution in [0.4, 0.5) is 4.39 Å². The fraction of sp³-hybridized carbons (Fsp3) is 0.172. The predicted octanol–water partition coefficient (Wildman–Crippen LogP) is 5.75. The predicted molar refractivity (Wildman–Crippen MR) is 138 cm³/mol. The van der Waals surface area contributed by atoms with Gasteiger partial charge in [0.05, 0.1) is 23.6 Å². The second-order valence-corrected chi connectivity index (χ2v) is 8.93. The number of aryl methyl sites for hydroxylation is 1. The smallest absolute Gasteiger partial charge is 0.328 e. The largest absolute Gasteiger partial charge is 0.481 e. The third kappa shape index (κ3) is 4.59. The second-order valence-electron chi connectivity index (χ2n) is 8.93. The Bertz CT molecular complexity index is 1620. The van der Waals surface area contributed by atoms with Gasteiger partial charge in [0.15, 0.2) is 0 Å². The molecule has 0 amide bonds. The summed E-state index contributed by atoms with van der Waals surface area (Å²) in [6.07, 6.45) is 6.34. The monoisotopic (exact) mass is 494 g/mol. The van der Waals surface area contributed by atoms with Gasteiger partial charge in [-0.3, -0.25) is 5.10 Å². The molecule has 1 aliphatic carbocycles. The van der Waals surface area contributed by atoms with E-state index in [4.69, 9.17) is 9.84 Å². The molecule has 2 aromatic heterocycles. The van der Waals surface area contributed by atoms with E-state index >= 15 is 0 Å². The van der Waals surface area contributed by atoms with E-state index in [1.165, 1.54) is 6.08 Å². The van der Waals surface area contributed by atoms with Gasteiger partial charge in [0.2, 0.25) is 11.8 Å². The summed E-state index contributed by atoms with van der Waals surface area (Å²) in [5.41, 5.74) is 6.47. The normalized spacial score (nSPS) is 14.0. The Hall–Kier alpha value is -4.77. The molecule has 184 valence electrons. The number of aromatic nitrogens is 3. The first-order valence-electron chi connectivity index (χ1n) is 11.7. The number of aliphatic carboxylic acids is 1. The molecule has 1 aliphatic rings. The van der Waals surface area contributed by atoms with Crippen molar-refractivity contribution in [1.82, 2.24) is 15.2 Å². The third-order valence-electron chi connectivity index (χ3n) is 6.52. The summed E-state index contributed by atoms with van der Waals surface area (Å²) in [5, 5.41) is 25.6. The molecule has 0 saturated heterocycles. The van der Waals surface area contributed by atoms with Crippen LogP contribution in [0.5, 0.6) is 5.88 Å². The summed E-state index contributed by atoms with van der Waals surface area (Å²) in [6.45, 7) is 1.99. The lowest BCUT2D eigenvalue weighted by Crippen LogP contribution is -2.03. The topological polar surface area (TPSA) is 112 Å². The van der Waals surface area contributed by atoms with Crippen molar-refractivity contribution in [1.29, 1.82) is 5.26 Å². The Labute approximate surface area is 212 Å². The number of ether oxygens (including phenoxy) is 1. The van der Waals surface area contributed by atoms with Gasteiger partial charge in [-0.1, -0.05) is 30.3 Å². The van der Waals surface area contributed by atoms with Crippen molar-refractivity contribution in [3.63, 3.8) is 0 Å². The zero-order chi connectivity index (χ0) is 26.1. The number of carbonyl (C=O) groups is 1. The zero-order valence-electron chi connectivity index (χ0n) is 20.2. The first kappa shape index (κ1) is 23.9. The van der Waals surface area contributed by atoms with Crippen LogP contribution in [-0.2, 0) is 4.79 Å². The van der Waals surface area contributed by atoms with Crippen molar-refractivity contribution in [2.45, 2.75) is 19.8 Å². The van der Waals surface area contributed by atoms with Gasteiger partial charge in [0.1, 0.15) is 6.07 Å². The standard InChI is InChI=1S/C29H23FN4O3/c1-16-13-24(37-2)32-15-22(16)27(19-8-9-19)26(18-6-3-17(4-7-18)5-12-25(35)36)20-10-11-23-28(21(20)14-31)29(30)34-33-23/h3-7,10-13,15,19H,8-9H2,1-2H3,(H,33,34)(H,35,36)/b12-5+,27-26+. The molecular formula is C29H23FN4O3. The highest BCUT2D eigenvalue weighted by Gasteiger charge is 2.33. The van der Waals surface area contributed by atoms with Gasteiger partial charge in [0, 0.05) is 29.5 Å². The second kappa shape index (κ2) is 9.70. The molecule has 2 N–H and O–H groups in total. The van der Waals surface area contributed by atoms with E-state index in [0.717, 1.165) is 52.3 Å². The van der Waals surface area contributed by atoms with E-state index in [-0.39, 0.29) is 16.9 Å². The van der Waals surface area contributed by atoms with Crippen molar-refractivity contribution in [3.8, 4) is 11.9 Å². The minimum absolute atomic E-state index is 0.151. The third-order valence-corrected chi connectivity index (χ3v) is 6.52. The number of nitrogens with zero attached hydrogens (tertiary/aromatic N) is 3. The summed E-state index contributed by atoms with van der Waals surface area (Å²) in [5.74, 6) is -0.937. The van der Waals surface area contributed by atoms with Crippen LogP contribution in [0.15, 0.2) is 54.7 Å². The zero-order valence-corrected chi connectivity index (χ0v) is 20.2. The van der Waals surface area contributed by atoms with Crippen LogP contribution < -0.4 is 4.74 Å². The Morgan fingerprint density at radius 3 is 2.59 bits per heavy atom. The van der Waals surface area contributed by atoms with Gasteiger partial charge < -0.3 is 9.84 Å². The molecule has 2 aromatic carbocycles. The number of carboxylic acid groups (broad SMARTS) is 1. The van der Waals surface area contributed by atoms with Crippen molar-refractivity contribution in [2.24, 2.45) is 5.92 Å². The number of H-pyrrole nitrogens is 1. The highest BCUT2D eigenvalue weighted by molar-refractivity contribution is 6.04. The van der Waals surface area contributed by atoms with Gasteiger partial charge in [-0.2, -0.15) is 14.8 Å². The number of aromatic amines is 1. The Kier molecular flexibility index (Phi) is 6.28. The number of benzene rings is 2.